The van der Waals surface area contributed by atoms with Gasteiger partial charge in [-0.05, 0) is 30.7 Å². The summed E-state index contributed by atoms with van der Waals surface area (Å²) in [5.74, 6) is -0.0695. The van der Waals surface area contributed by atoms with Crippen LogP contribution >= 0.6 is 0 Å². The Morgan fingerprint density at radius 2 is 1.36 bits per heavy atom. The first-order valence-corrected chi connectivity index (χ1v) is 7.26. The molecule has 0 aliphatic heterocycles. The molecule has 0 amide bonds. The van der Waals surface area contributed by atoms with Crippen molar-refractivity contribution in [1.82, 2.24) is 0 Å². The second-order valence-electron chi connectivity index (χ2n) is 5.26. The lowest BCUT2D eigenvalue weighted by Crippen LogP contribution is -2.33. The quantitative estimate of drug-likeness (QED) is 0.826. The maximum atomic E-state index is 11.7. The number of rotatable bonds is 5. The highest BCUT2D eigenvalue weighted by Gasteiger charge is 2.37. The minimum absolute atomic E-state index is 0.155. The molecule has 2 N–H and O–H groups in total. The Morgan fingerprint density at radius 3 is 1.68 bits per heavy atom. The Kier molecular flexibility index (Phi) is 4.71. The summed E-state index contributed by atoms with van der Waals surface area (Å²) in [5, 5.41) is 19.0. The predicted molar refractivity (Wildman–Crippen MR) is 83.7 cm³/mol. The Hall–Kier alpha value is -2.49. The standard InChI is InChI=1S/C18H20O4/c1-3-12-18(22-13(2)19,14-4-8-16(20)9-5-14)15-6-10-17(21)11-7-15/h4-11,20-21H,3,12H2,1-2H3. The zero-order chi connectivity index (χ0) is 16.2. The smallest absolute Gasteiger partial charge is 0.303 e. The summed E-state index contributed by atoms with van der Waals surface area (Å²) in [6.07, 6.45) is 1.40. The van der Waals surface area contributed by atoms with E-state index in [9.17, 15) is 15.0 Å². The Balaban J connectivity index is 2.61. The lowest BCUT2D eigenvalue weighted by Gasteiger charge is -2.34. The van der Waals surface area contributed by atoms with Crippen LogP contribution in [0.2, 0.25) is 0 Å². The third-order valence-electron chi connectivity index (χ3n) is 3.59. The molecule has 0 unspecified atom stereocenters. The summed E-state index contributed by atoms with van der Waals surface area (Å²) in [7, 11) is 0. The second-order valence-corrected chi connectivity index (χ2v) is 5.26. The van der Waals surface area contributed by atoms with Crippen molar-refractivity contribution < 1.29 is 19.7 Å². The van der Waals surface area contributed by atoms with Gasteiger partial charge in [-0.1, -0.05) is 37.6 Å². The highest BCUT2D eigenvalue weighted by Crippen LogP contribution is 2.39. The molecule has 116 valence electrons. The zero-order valence-corrected chi connectivity index (χ0v) is 12.7. The number of hydrogen-bond acceptors (Lipinski definition) is 4. The molecule has 4 heteroatoms. The maximum Gasteiger partial charge on any atom is 0.303 e. The van der Waals surface area contributed by atoms with Gasteiger partial charge in [-0.2, -0.15) is 0 Å². The molecule has 0 atom stereocenters. The number of carbonyl (C=O) groups is 1. The van der Waals surface area contributed by atoms with E-state index >= 15 is 0 Å². The number of carbonyl (C=O) groups excluding carboxylic acids is 1. The number of benzene rings is 2. The van der Waals surface area contributed by atoms with E-state index in [1.165, 1.54) is 6.92 Å². The molecule has 2 aromatic carbocycles. The summed E-state index contributed by atoms with van der Waals surface area (Å²) in [4.78, 5) is 11.7. The molecule has 22 heavy (non-hydrogen) atoms. The molecule has 0 aliphatic rings. The molecule has 0 spiro atoms. The largest absolute Gasteiger partial charge is 0.508 e. The van der Waals surface area contributed by atoms with Gasteiger partial charge in [0.25, 0.3) is 0 Å². The zero-order valence-electron chi connectivity index (χ0n) is 12.7. The Labute approximate surface area is 130 Å². The van der Waals surface area contributed by atoms with Crippen molar-refractivity contribution in [1.29, 1.82) is 0 Å². The summed E-state index contributed by atoms with van der Waals surface area (Å²) in [5.41, 5.74) is 0.642. The Morgan fingerprint density at radius 1 is 0.955 bits per heavy atom. The average molecular weight is 300 g/mol. The highest BCUT2D eigenvalue weighted by atomic mass is 16.6. The van der Waals surface area contributed by atoms with Crippen molar-refractivity contribution in [2.24, 2.45) is 0 Å². The Bertz CT molecular complexity index is 584. The minimum Gasteiger partial charge on any atom is -0.508 e. The highest BCUT2D eigenvalue weighted by molar-refractivity contribution is 5.67. The fraction of sp³-hybridized carbons (Fsp3) is 0.278. The fourth-order valence-corrected chi connectivity index (χ4v) is 2.68. The predicted octanol–water partition coefficient (Wildman–Crippen LogP) is 3.70. The SMILES string of the molecule is CCCC(OC(C)=O)(c1ccc(O)cc1)c1ccc(O)cc1. The van der Waals surface area contributed by atoms with Gasteiger partial charge in [0, 0.05) is 18.1 Å². The van der Waals surface area contributed by atoms with E-state index in [2.05, 4.69) is 0 Å². The van der Waals surface area contributed by atoms with E-state index in [0.717, 1.165) is 17.5 Å². The maximum absolute atomic E-state index is 11.7. The van der Waals surface area contributed by atoms with Gasteiger partial charge in [0.05, 0.1) is 0 Å². The molecular formula is C18H20O4. The van der Waals surface area contributed by atoms with Crippen LogP contribution < -0.4 is 0 Å². The molecule has 2 aromatic rings. The van der Waals surface area contributed by atoms with Gasteiger partial charge in [0.2, 0.25) is 0 Å². The molecule has 0 aromatic heterocycles. The molecule has 0 aliphatic carbocycles. The average Bonchev–Trinajstić information content (AvgIpc) is 2.47. The molecule has 4 nitrogen and oxygen atoms in total. The van der Waals surface area contributed by atoms with E-state index in [4.69, 9.17) is 4.74 Å². The molecule has 0 fully saturated rings. The monoisotopic (exact) mass is 300 g/mol. The molecule has 2 rings (SSSR count). The third-order valence-corrected chi connectivity index (χ3v) is 3.59. The van der Waals surface area contributed by atoms with Crippen molar-refractivity contribution in [2.75, 3.05) is 0 Å². The van der Waals surface area contributed by atoms with Crippen LogP contribution in [-0.4, -0.2) is 16.2 Å². The van der Waals surface area contributed by atoms with E-state index < -0.39 is 5.60 Å². The first kappa shape index (κ1) is 15.9. The number of phenols is 2. The van der Waals surface area contributed by atoms with Gasteiger partial charge in [-0.25, -0.2) is 0 Å². The van der Waals surface area contributed by atoms with Gasteiger partial charge in [-0.3, -0.25) is 4.79 Å². The van der Waals surface area contributed by atoms with Crippen molar-refractivity contribution in [3.63, 3.8) is 0 Å². The second kappa shape index (κ2) is 6.52. The first-order chi connectivity index (χ1) is 10.5. The van der Waals surface area contributed by atoms with Crippen LogP contribution in [0.25, 0.3) is 0 Å². The van der Waals surface area contributed by atoms with Gasteiger partial charge in [0.1, 0.15) is 11.5 Å². The van der Waals surface area contributed by atoms with E-state index in [-0.39, 0.29) is 17.5 Å². The molecule has 0 heterocycles. The van der Waals surface area contributed by atoms with E-state index in [1.807, 2.05) is 6.92 Å². The summed E-state index contributed by atoms with van der Waals surface area (Å²) in [6.45, 7) is 3.39. The van der Waals surface area contributed by atoms with Gasteiger partial charge < -0.3 is 14.9 Å². The van der Waals surface area contributed by atoms with Gasteiger partial charge >= 0.3 is 5.97 Å². The first-order valence-electron chi connectivity index (χ1n) is 7.26. The van der Waals surface area contributed by atoms with E-state index in [1.54, 1.807) is 48.5 Å². The topological polar surface area (TPSA) is 66.8 Å². The number of aromatic hydroxyl groups is 2. The van der Waals surface area contributed by atoms with Crippen LogP contribution in [0.1, 0.15) is 37.8 Å². The summed E-state index contributed by atoms with van der Waals surface area (Å²) < 4.78 is 5.73. The normalized spacial score (nSPS) is 11.2. The van der Waals surface area contributed by atoms with E-state index in [0.29, 0.717) is 6.42 Å². The molecular weight excluding hydrogens is 280 g/mol. The summed E-state index contributed by atoms with van der Waals surface area (Å²) in [6, 6.07) is 13.3. The van der Waals surface area contributed by atoms with Crippen LogP contribution in [-0.2, 0) is 15.1 Å². The van der Waals surface area contributed by atoms with Crippen molar-refractivity contribution in [2.45, 2.75) is 32.3 Å². The van der Waals surface area contributed by atoms with Crippen molar-refractivity contribution in [3.05, 3.63) is 59.7 Å². The lowest BCUT2D eigenvalue weighted by atomic mass is 9.82. The van der Waals surface area contributed by atoms with Crippen molar-refractivity contribution in [3.8, 4) is 11.5 Å². The van der Waals surface area contributed by atoms with Crippen molar-refractivity contribution >= 4 is 5.97 Å². The van der Waals surface area contributed by atoms with Crippen LogP contribution in [0.5, 0.6) is 11.5 Å². The van der Waals surface area contributed by atoms with Crippen LogP contribution in [0.3, 0.4) is 0 Å². The van der Waals surface area contributed by atoms with Crippen LogP contribution in [0.4, 0.5) is 0 Å². The summed E-state index contributed by atoms with van der Waals surface area (Å²) >= 11 is 0. The van der Waals surface area contributed by atoms with Gasteiger partial charge in [0.15, 0.2) is 5.60 Å². The molecule has 0 saturated carbocycles. The fourth-order valence-electron chi connectivity index (χ4n) is 2.68. The number of esters is 1. The third kappa shape index (κ3) is 3.22. The molecule has 0 radical (unpaired) electrons. The number of hydrogen-bond donors (Lipinski definition) is 2. The van der Waals surface area contributed by atoms with Gasteiger partial charge in [-0.15, -0.1) is 0 Å². The number of ether oxygens (including phenoxy) is 1. The molecule has 0 bridgehead atoms. The molecule has 0 saturated heterocycles. The minimum atomic E-state index is -0.929. The lowest BCUT2D eigenvalue weighted by molar-refractivity contribution is -0.154. The van der Waals surface area contributed by atoms with Crippen LogP contribution in [0.15, 0.2) is 48.5 Å². The number of phenolic OH excluding ortho intramolecular Hbond substituents is 2. The van der Waals surface area contributed by atoms with Crippen LogP contribution in [0, 0.1) is 0 Å².